The molecule has 0 saturated heterocycles. The molecule has 0 amide bonds. The maximum absolute atomic E-state index is 10.8. The van der Waals surface area contributed by atoms with Crippen molar-refractivity contribution in [1.82, 2.24) is 0 Å². The first kappa shape index (κ1) is 12.2. The van der Waals surface area contributed by atoms with Gasteiger partial charge in [-0.2, -0.15) is 0 Å². The molecule has 0 radical (unpaired) electrons. The molecule has 1 aliphatic heterocycles. The van der Waals surface area contributed by atoms with Crippen molar-refractivity contribution < 1.29 is 14.3 Å². The third-order valence-electron chi connectivity index (χ3n) is 2.50. The fraction of sp³-hybridized carbons (Fsp3) is 0.133. The summed E-state index contributed by atoms with van der Waals surface area (Å²) >= 11 is 0. The standard InChI is InChI=1S/C8H8O2.C7H6O/c1-10-8(9)7-5-3-2-4-6-7;1-2-6-4-7(3-1)8-5-6/h2-6H,1H3;1-4H,5H2. The third kappa shape index (κ3) is 3.10. The van der Waals surface area contributed by atoms with E-state index in [1.165, 1.54) is 12.7 Å². The van der Waals surface area contributed by atoms with Crippen LogP contribution in [0.1, 0.15) is 15.9 Å². The van der Waals surface area contributed by atoms with Gasteiger partial charge in [0.2, 0.25) is 0 Å². The molecule has 0 spiro atoms. The number of hydrogen-bond acceptors (Lipinski definition) is 3. The van der Waals surface area contributed by atoms with Gasteiger partial charge in [-0.3, -0.25) is 0 Å². The molecule has 0 saturated carbocycles. The normalized spacial score (nSPS) is 10.9. The molecule has 3 rings (SSSR count). The molecule has 92 valence electrons. The fourth-order valence-electron chi connectivity index (χ4n) is 1.58. The Morgan fingerprint density at radius 3 is 2.50 bits per heavy atom. The number of benzene rings is 2. The zero-order chi connectivity index (χ0) is 12.8. The van der Waals surface area contributed by atoms with Crippen LogP contribution in [0.25, 0.3) is 0 Å². The lowest BCUT2D eigenvalue weighted by Crippen LogP contribution is -1.99. The van der Waals surface area contributed by atoms with Gasteiger partial charge in [-0.05, 0) is 29.8 Å². The quantitative estimate of drug-likeness (QED) is 0.721. The number of carbonyl (C=O) groups is 1. The first-order valence-electron chi connectivity index (χ1n) is 5.64. The highest BCUT2D eigenvalue weighted by Crippen LogP contribution is 2.20. The van der Waals surface area contributed by atoms with Gasteiger partial charge in [0.25, 0.3) is 0 Å². The first-order chi connectivity index (χ1) is 8.79. The molecule has 0 atom stereocenters. The molecule has 0 unspecified atom stereocenters. The Morgan fingerprint density at radius 1 is 1.11 bits per heavy atom. The summed E-state index contributed by atoms with van der Waals surface area (Å²) < 4.78 is 9.68. The van der Waals surface area contributed by atoms with Crippen molar-refractivity contribution in [1.29, 1.82) is 0 Å². The zero-order valence-electron chi connectivity index (χ0n) is 10.1. The third-order valence-corrected chi connectivity index (χ3v) is 2.50. The maximum atomic E-state index is 10.8. The minimum Gasteiger partial charge on any atom is -0.489 e. The van der Waals surface area contributed by atoms with Crippen LogP contribution in [0, 0.1) is 0 Å². The summed E-state index contributed by atoms with van der Waals surface area (Å²) in [6.07, 6.45) is 0. The highest BCUT2D eigenvalue weighted by Gasteiger charge is 2.03. The Balaban J connectivity index is 0.000000136. The number of hydrogen-bond donors (Lipinski definition) is 0. The molecule has 0 aromatic heterocycles. The second-order valence-electron chi connectivity index (χ2n) is 3.79. The number of fused-ring (bicyclic) bond motifs is 2. The van der Waals surface area contributed by atoms with E-state index in [1.807, 2.05) is 18.2 Å². The molecule has 1 heterocycles. The van der Waals surface area contributed by atoms with Crippen LogP contribution in [0.4, 0.5) is 0 Å². The molecule has 3 heteroatoms. The summed E-state index contributed by atoms with van der Waals surface area (Å²) in [6.45, 7) is 0.766. The number of rotatable bonds is 1. The van der Waals surface area contributed by atoms with Crippen LogP contribution < -0.4 is 4.74 Å². The molecule has 0 aliphatic carbocycles. The van der Waals surface area contributed by atoms with Gasteiger partial charge >= 0.3 is 5.97 Å². The number of esters is 1. The second-order valence-corrected chi connectivity index (χ2v) is 3.79. The van der Waals surface area contributed by atoms with Gasteiger partial charge in [-0.1, -0.05) is 30.3 Å². The summed E-state index contributed by atoms with van der Waals surface area (Å²) in [5.41, 5.74) is 1.87. The fourth-order valence-corrected chi connectivity index (χ4v) is 1.58. The van der Waals surface area contributed by atoms with Gasteiger partial charge in [-0.25, -0.2) is 4.79 Å². The summed E-state index contributed by atoms with van der Waals surface area (Å²) in [5, 5.41) is 0. The summed E-state index contributed by atoms with van der Waals surface area (Å²) in [4.78, 5) is 10.8. The van der Waals surface area contributed by atoms with E-state index in [0.29, 0.717) is 5.56 Å². The SMILES string of the molecule is COC(=O)c1ccccc1.c1cc2cc(c1)OC2. The van der Waals surface area contributed by atoms with Crippen molar-refractivity contribution >= 4 is 5.97 Å². The van der Waals surface area contributed by atoms with Gasteiger partial charge in [-0.15, -0.1) is 0 Å². The van der Waals surface area contributed by atoms with Gasteiger partial charge in [0.05, 0.1) is 12.7 Å². The molecule has 2 aromatic carbocycles. The minimum absolute atomic E-state index is 0.291. The second kappa shape index (κ2) is 5.87. The van der Waals surface area contributed by atoms with Crippen molar-refractivity contribution in [3.8, 4) is 5.75 Å². The van der Waals surface area contributed by atoms with Gasteiger partial charge in [0, 0.05) is 0 Å². The Kier molecular flexibility index (Phi) is 3.97. The van der Waals surface area contributed by atoms with Crippen LogP contribution in [0.15, 0.2) is 54.6 Å². The average Bonchev–Trinajstić information content (AvgIpc) is 2.78. The monoisotopic (exact) mass is 242 g/mol. The average molecular weight is 242 g/mol. The molecule has 0 N–H and O–H groups in total. The topological polar surface area (TPSA) is 35.5 Å². The number of carbonyl (C=O) groups excluding carboxylic acids is 1. The molecule has 2 aromatic rings. The van der Waals surface area contributed by atoms with Crippen LogP contribution in [-0.4, -0.2) is 13.1 Å². The maximum Gasteiger partial charge on any atom is 0.337 e. The summed E-state index contributed by atoms with van der Waals surface area (Å²) in [5.74, 6) is 0.711. The largest absolute Gasteiger partial charge is 0.489 e. The Labute approximate surface area is 106 Å². The van der Waals surface area contributed by atoms with Crippen LogP contribution in [0.2, 0.25) is 0 Å². The molecule has 1 aliphatic rings. The van der Waals surface area contributed by atoms with E-state index < -0.39 is 0 Å². The van der Waals surface area contributed by atoms with Crippen molar-refractivity contribution in [2.45, 2.75) is 6.61 Å². The van der Waals surface area contributed by atoms with Crippen molar-refractivity contribution in [2.75, 3.05) is 7.11 Å². The van der Waals surface area contributed by atoms with Crippen LogP contribution in [0.3, 0.4) is 0 Å². The highest BCUT2D eigenvalue weighted by atomic mass is 16.5. The van der Waals surface area contributed by atoms with Crippen molar-refractivity contribution in [3.05, 3.63) is 65.7 Å². The van der Waals surface area contributed by atoms with Gasteiger partial charge in [0.15, 0.2) is 0 Å². The lowest BCUT2D eigenvalue weighted by atomic mass is 10.2. The van der Waals surface area contributed by atoms with E-state index >= 15 is 0 Å². The van der Waals surface area contributed by atoms with Gasteiger partial charge < -0.3 is 9.47 Å². The Bertz CT molecular complexity index is 501. The first-order valence-corrected chi connectivity index (χ1v) is 5.64. The lowest BCUT2D eigenvalue weighted by molar-refractivity contribution is 0.0600. The van der Waals surface area contributed by atoms with E-state index in [9.17, 15) is 4.79 Å². The van der Waals surface area contributed by atoms with Crippen LogP contribution in [0.5, 0.6) is 5.75 Å². The van der Waals surface area contributed by atoms with Gasteiger partial charge in [0.1, 0.15) is 12.4 Å². The summed E-state index contributed by atoms with van der Waals surface area (Å²) in [7, 11) is 1.37. The van der Waals surface area contributed by atoms with E-state index in [1.54, 1.807) is 24.3 Å². The van der Waals surface area contributed by atoms with Crippen LogP contribution in [-0.2, 0) is 11.3 Å². The van der Waals surface area contributed by atoms with E-state index in [2.05, 4.69) is 16.9 Å². The Hall–Kier alpha value is -2.29. The highest BCUT2D eigenvalue weighted by molar-refractivity contribution is 5.89. The molecular formula is C15H14O3. The van der Waals surface area contributed by atoms with E-state index in [0.717, 1.165) is 12.4 Å². The Morgan fingerprint density at radius 2 is 1.89 bits per heavy atom. The van der Waals surface area contributed by atoms with Crippen molar-refractivity contribution in [2.24, 2.45) is 0 Å². The molecule has 18 heavy (non-hydrogen) atoms. The molecular weight excluding hydrogens is 228 g/mol. The minimum atomic E-state index is -0.291. The zero-order valence-corrected chi connectivity index (χ0v) is 10.1. The van der Waals surface area contributed by atoms with E-state index in [4.69, 9.17) is 4.74 Å². The van der Waals surface area contributed by atoms with E-state index in [-0.39, 0.29) is 5.97 Å². The smallest absolute Gasteiger partial charge is 0.337 e. The molecule has 0 fully saturated rings. The molecule has 3 nitrogen and oxygen atoms in total. The number of ether oxygens (including phenoxy) is 2. The van der Waals surface area contributed by atoms with Crippen LogP contribution >= 0.6 is 0 Å². The lowest BCUT2D eigenvalue weighted by Gasteiger charge is -1.95. The number of methoxy groups -OCH3 is 1. The molecule has 2 bridgehead atoms. The predicted molar refractivity (Wildman–Crippen MR) is 68.6 cm³/mol. The van der Waals surface area contributed by atoms with Crippen molar-refractivity contribution in [3.63, 3.8) is 0 Å². The predicted octanol–water partition coefficient (Wildman–Crippen LogP) is 3.05. The summed E-state index contributed by atoms with van der Waals surface area (Å²) in [6, 6.07) is 17.0.